The molecular formula is C11H18O3. The normalized spacial score (nSPS) is 37.1. The number of allylic oxidation sites excluding steroid dienone is 3. The summed E-state index contributed by atoms with van der Waals surface area (Å²) in [5.41, 5.74) is 0. The summed E-state index contributed by atoms with van der Waals surface area (Å²) in [5.74, 6) is -2.90. The van der Waals surface area contributed by atoms with Gasteiger partial charge in [-0.3, -0.25) is 0 Å². The molecule has 0 saturated carbocycles. The zero-order valence-electron chi connectivity index (χ0n) is 8.73. The standard InChI is InChI=1S/C11H18O3/c1-3-4-5-6-7-8-9-11(13)10(2,12)14-11/h6-9,12-13H,3-5H2,1-2H3/b7-6+,9-8+. The summed E-state index contributed by atoms with van der Waals surface area (Å²) in [6, 6.07) is 0. The van der Waals surface area contributed by atoms with Gasteiger partial charge in [-0.15, -0.1) is 0 Å². The summed E-state index contributed by atoms with van der Waals surface area (Å²) in [4.78, 5) is 0. The number of ether oxygens (including phenoxy) is 1. The molecule has 14 heavy (non-hydrogen) atoms. The van der Waals surface area contributed by atoms with Gasteiger partial charge in [0.15, 0.2) is 0 Å². The second kappa shape index (κ2) is 4.26. The lowest BCUT2D eigenvalue weighted by molar-refractivity contribution is 0.0524. The number of aliphatic hydroxyl groups is 2. The predicted octanol–water partition coefficient (Wildman–Crippen LogP) is 1.72. The molecule has 1 rings (SSSR count). The highest BCUT2D eigenvalue weighted by Crippen LogP contribution is 2.44. The molecule has 0 aliphatic carbocycles. The van der Waals surface area contributed by atoms with Crippen LogP contribution in [0.2, 0.25) is 0 Å². The van der Waals surface area contributed by atoms with Crippen molar-refractivity contribution in [1.82, 2.24) is 0 Å². The number of unbranched alkanes of at least 4 members (excludes halogenated alkanes) is 2. The van der Waals surface area contributed by atoms with Gasteiger partial charge in [-0.05, 0) is 19.4 Å². The van der Waals surface area contributed by atoms with E-state index >= 15 is 0 Å². The Hall–Kier alpha value is -0.640. The van der Waals surface area contributed by atoms with Gasteiger partial charge in [-0.2, -0.15) is 0 Å². The Balaban J connectivity index is 2.25. The summed E-state index contributed by atoms with van der Waals surface area (Å²) >= 11 is 0. The second-order valence-electron chi connectivity index (χ2n) is 3.71. The van der Waals surface area contributed by atoms with Gasteiger partial charge in [0.25, 0.3) is 0 Å². The Bertz CT molecular complexity index is 243. The molecule has 2 N–H and O–H groups in total. The fourth-order valence-corrected chi connectivity index (χ4v) is 1.15. The number of rotatable bonds is 5. The topological polar surface area (TPSA) is 53.0 Å². The van der Waals surface area contributed by atoms with E-state index in [9.17, 15) is 10.2 Å². The molecule has 1 heterocycles. The summed E-state index contributed by atoms with van der Waals surface area (Å²) in [6.07, 6.45) is 10.4. The van der Waals surface area contributed by atoms with Gasteiger partial charge in [0.05, 0.1) is 0 Å². The molecule has 0 spiro atoms. The average molecular weight is 198 g/mol. The third-order valence-corrected chi connectivity index (χ3v) is 2.27. The van der Waals surface area contributed by atoms with Crippen LogP contribution in [-0.4, -0.2) is 21.8 Å². The third kappa shape index (κ3) is 2.67. The minimum atomic E-state index is -1.48. The van der Waals surface area contributed by atoms with Crippen LogP contribution in [0.25, 0.3) is 0 Å². The molecule has 0 amide bonds. The number of hydrogen-bond acceptors (Lipinski definition) is 3. The van der Waals surface area contributed by atoms with Gasteiger partial charge in [-0.25, -0.2) is 0 Å². The van der Waals surface area contributed by atoms with Crippen LogP contribution >= 0.6 is 0 Å². The van der Waals surface area contributed by atoms with Crippen molar-refractivity contribution < 1.29 is 14.9 Å². The first kappa shape index (κ1) is 11.4. The molecule has 0 aromatic heterocycles. The van der Waals surface area contributed by atoms with Crippen LogP contribution in [-0.2, 0) is 4.74 Å². The van der Waals surface area contributed by atoms with Crippen LogP contribution < -0.4 is 0 Å². The van der Waals surface area contributed by atoms with Crippen LogP contribution in [0.5, 0.6) is 0 Å². The van der Waals surface area contributed by atoms with Crippen molar-refractivity contribution in [3.05, 3.63) is 24.3 Å². The largest absolute Gasteiger partial charge is 0.361 e. The highest BCUT2D eigenvalue weighted by atomic mass is 16.8. The van der Waals surface area contributed by atoms with Crippen LogP contribution in [0.4, 0.5) is 0 Å². The first-order chi connectivity index (χ1) is 6.52. The molecule has 0 aromatic rings. The Labute approximate surface area is 84.7 Å². The van der Waals surface area contributed by atoms with Crippen molar-refractivity contribution in [2.75, 3.05) is 0 Å². The fourth-order valence-electron chi connectivity index (χ4n) is 1.15. The first-order valence-electron chi connectivity index (χ1n) is 5.01. The molecular weight excluding hydrogens is 180 g/mol. The van der Waals surface area contributed by atoms with Gasteiger partial charge in [0.2, 0.25) is 11.6 Å². The molecule has 0 radical (unpaired) electrons. The Kier molecular flexibility index (Phi) is 3.48. The van der Waals surface area contributed by atoms with Crippen molar-refractivity contribution >= 4 is 0 Å². The third-order valence-electron chi connectivity index (χ3n) is 2.27. The van der Waals surface area contributed by atoms with E-state index in [1.54, 1.807) is 6.08 Å². The van der Waals surface area contributed by atoms with Gasteiger partial charge in [-0.1, -0.05) is 38.0 Å². The van der Waals surface area contributed by atoms with E-state index in [1.165, 1.54) is 25.8 Å². The van der Waals surface area contributed by atoms with Crippen LogP contribution in [0.15, 0.2) is 24.3 Å². The van der Waals surface area contributed by atoms with E-state index in [1.807, 2.05) is 12.2 Å². The van der Waals surface area contributed by atoms with E-state index in [2.05, 4.69) is 6.92 Å². The van der Waals surface area contributed by atoms with Gasteiger partial charge in [0.1, 0.15) is 0 Å². The lowest BCUT2D eigenvalue weighted by Gasteiger charge is -1.97. The molecule has 0 bridgehead atoms. The average Bonchev–Trinajstić information content (AvgIpc) is 2.59. The second-order valence-corrected chi connectivity index (χ2v) is 3.71. The lowest BCUT2D eigenvalue weighted by Crippen LogP contribution is -2.19. The minimum absolute atomic E-state index is 1.04. The van der Waals surface area contributed by atoms with E-state index in [4.69, 9.17) is 4.74 Å². The van der Waals surface area contributed by atoms with E-state index in [0.717, 1.165) is 6.42 Å². The van der Waals surface area contributed by atoms with Crippen molar-refractivity contribution in [3.63, 3.8) is 0 Å². The maximum absolute atomic E-state index is 9.47. The van der Waals surface area contributed by atoms with Crippen molar-refractivity contribution in [1.29, 1.82) is 0 Å². The lowest BCUT2D eigenvalue weighted by atomic mass is 10.2. The highest BCUT2D eigenvalue weighted by Gasteiger charge is 2.64. The molecule has 3 nitrogen and oxygen atoms in total. The highest BCUT2D eigenvalue weighted by molar-refractivity contribution is 5.16. The molecule has 1 fully saturated rings. The molecule has 1 aliphatic rings. The van der Waals surface area contributed by atoms with E-state index < -0.39 is 11.6 Å². The molecule has 80 valence electrons. The Morgan fingerprint density at radius 1 is 1.29 bits per heavy atom. The van der Waals surface area contributed by atoms with Crippen LogP contribution in [0.1, 0.15) is 33.1 Å². The molecule has 1 saturated heterocycles. The quantitative estimate of drug-likeness (QED) is 0.402. The van der Waals surface area contributed by atoms with E-state index in [-0.39, 0.29) is 0 Å². The number of epoxide rings is 1. The zero-order chi connectivity index (χ0) is 10.7. The van der Waals surface area contributed by atoms with Gasteiger partial charge < -0.3 is 14.9 Å². The summed E-state index contributed by atoms with van der Waals surface area (Å²) in [5, 5.41) is 18.7. The van der Waals surface area contributed by atoms with Crippen LogP contribution in [0.3, 0.4) is 0 Å². The fraction of sp³-hybridized carbons (Fsp3) is 0.636. The number of hydrogen-bond donors (Lipinski definition) is 2. The molecule has 2 atom stereocenters. The van der Waals surface area contributed by atoms with E-state index in [0.29, 0.717) is 0 Å². The first-order valence-corrected chi connectivity index (χ1v) is 5.01. The minimum Gasteiger partial charge on any atom is -0.361 e. The summed E-state index contributed by atoms with van der Waals surface area (Å²) in [6.45, 7) is 3.57. The molecule has 0 aromatic carbocycles. The monoisotopic (exact) mass is 198 g/mol. The SMILES string of the molecule is CCCC/C=C/C=C/C1(O)OC1(C)O. The van der Waals surface area contributed by atoms with Crippen molar-refractivity contribution in [2.24, 2.45) is 0 Å². The maximum Gasteiger partial charge on any atom is 0.244 e. The Morgan fingerprint density at radius 3 is 2.43 bits per heavy atom. The summed E-state index contributed by atoms with van der Waals surface area (Å²) in [7, 11) is 0. The maximum atomic E-state index is 9.47. The van der Waals surface area contributed by atoms with Gasteiger partial charge >= 0.3 is 0 Å². The van der Waals surface area contributed by atoms with Gasteiger partial charge in [0, 0.05) is 0 Å². The zero-order valence-corrected chi connectivity index (χ0v) is 8.73. The molecule has 1 aliphatic heterocycles. The smallest absolute Gasteiger partial charge is 0.244 e. The predicted molar refractivity (Wildman–Crippen MR) is 54.5 cm³/mol. The molecule has 3 heteroatoms. The molecule has 2 unspecified atom stereocenters. The van der Waals surface area contributed by atoms with Crippen LogP contribution in [0, 0.1) is 0 Å². The Morgan fingerprint density at radius 2 is 1.93 bits per heavy atom. The summed E-state index contributed by atoms with van der Waals surface area (Å²) < 4.78 is 4.71. The van der Waals surface area contributed by atoms with Crippen molar-refractivity contribution in [3.8, 4) is 0 Å². The van der Waals surface area contributed by atoms with Crippen molar-refractivity contribution in [2.45, 2.75) is 44.7 Å².